The van der Waals surface area contributed by atoms with E-state index in [1.807, 2.05) is 0 Å². The minimum atomic E-state index is -0.720. The van der Waals surface area contributed by atoms with Crippen LogP contribution in [0.2, 0.25) is 5.02 Å². The molecule has 2 aromatic carbocycles. The second-order valence-electron chi connectivity index (χ2n) is 7.55. The molecular formula is C24H17ClN2O6. The van der Waals surface area contributed by atoms with Crippen LogP contribution in [-0.2, 0) is 11.3 Å². The number of hydrogen-bond acceptors (Lipinski definition) is 6. The zero-order chi connectivity index (χ0) is 23.1. The molecule has 0 spiro atoms. The van der Waals surface area contributed by atoms with E-state index in [9.17, 15) is 14.4 Å². The first-order valence-electron chi connectivity index (χ1n) is 10.0. The van der Waals surface area contributed by atoms with Gasteiger partial charge in [-0.15, -0.1) is 0 Å². The van der Waals surface area contributed by atoms with E-state index < -0.39 is 17.9 Å². The minimum absolute atomic E-state index is 0.0135. The van der Waals surface area contributed by atoms with Crippen molar-refractivity contribution < 1.29 is 23.2 Å². The Balaban J connectivity index is 1.64. The number of primary amides is 1. The third kappa shape index (κ3) is 3.74. The molecule has 9 heteroatoms. The average molecular weight is 465 g/mol. The van der Waals surface area contributed by atoms with E-state index in [4.69, 9.17) is 30.9 Å². The van der Waals surface area contributed by atoms with Gasteiger partial charge in [0.2, 0.25) is 5.76 Å². The third-order valence-corrected chi connectivity index (χ3v) is 5.65. The molecule has 2 aromatic heterocycles. The molecule has 3 heterocycles. The number of nitrogens with zero attached hydrogens (tertiary/aromatic N) is 1. The summed E-state index contributed by atoms with van der Waals surface area (Å²) in [5.74, 6) is -0.0448. The van der Waals surface area contributed by atoms with E-state index >= 15 is 0 Å². The first kappa shape index (κ1) is 20.8. The molecule has 0 unspecified atom stereocenters. The fourth-order valence-corrected chi connectivity index (χ4v) is 4.15. The molecule has 4 aromatic rings. The molecule has 33 heavy (non-hydrogen) atoms. The highest BCUT2D eigenvalue weighted by molar-refractivity contribution is 6.31. The Hall–Kier alpha value is -4.04. The molecule has 1 atom stereocenters. The van der Waals surface area contributed by atoms with Crippen molar-refractivity contribution in [1.29, 1.82) is 0 Å². The van der Waals surface area contributed by atoms with Gasteiger partial charge in [-0.25, -0.2) is 0 Å². The first-order valence-corrected chi connectivity index (χ1v) is 10.4. The highest BCUT2D eigenvalue weighted by Gasteiger charge is 2.43. The van der Waals surface area contributed by atoms with Crippen LogP contribution in [0.3, 0.4) is 0 Å². The van der Waals surface area contributed by atoms with Crippen LogP contribution in [0.5, 0.6) is 5.75 Å². The topological polar surface area (TPSA) is 116 Å². The molecule has 8 nitrogen and oxygen atoms in total. The standard InChI is InChI=1S/C24H17ClN2O6/c25-14-5-8-18-17(10-14)22(29)20-21(13-3-6-15(7-4-13)32-12-19(26)28)27(24(30)23(20)33-18)11-16-2-1-9-31-16/h1-10,21H,11-12H2,(H2,26,28)/t21-/m1/s1. The second-order valence-corrected chi connectivity index (χ2v) is 7.99. The van der Waals surface area contributed by atoms with Gasteiger partial charge < -0.3 is 24.2 Å². The maximum atomic E-state index is 13.5. The number of halogens is 1. The van der Waals surface area contributed by atoms with Gasteiger partial charge in [0.05, 0.1) is 29.8 Å². The third-order valence-electron chi connectivity index (χ3n) is 5.41. The maximum Gasteiger partial charge on any atom is 0.291 e. The van der Waals surface area contributed by atoms with Crippen LogP contribution in [0.15, 0.2) is 74.5 Å². The molecule has 0 bridgehead atoms. The Labute approximate surface area is 192 Å². The number of rotatable bonds is 6. The van der Waals surface area contributed by atoms with E-state index in [0.717, 1.165) is 0 Å². The quantitative estimate of drug-likeness (QED) is 0.465. The van der Waals surface area contributed by atoms with E-state index in [1.165, 1.54) is 17.2 Å². The average Bonchev–Trinajstić information content (AvgIpc) is 3.41. The highest BCUT2D eigenvalue weighted by atomic mass is 35.5. The van der Waals surface area contributed by atoms with Crippen molar-refractivity contribution in [3.05, 3.63) is 98.8 Å². The number of benzene rings is 2. The number of fused-ring (bicyclic) bond motifs is 2. The molecule has 166 valence electrons. The van der Waals surface area contributed by atoms with Crippen molar-refractivity contribution in [2.45, 2.75) is 12.6 Å². The summed E-state index contributed by atoms with van der Waals surface area (Å²) in [4.78, 5) is 39.4. The largest absolute Gasteiger partial charge is 0.484 e. The number of ether oxygens (including phenoxy) is 1. The normalized spacial score (nSPS) is 15.1. The van der Waals surface area contributed by atoms with Crippen LogP contribution in [0, 0.1) is 0 Å². The van der Waals surface area contributed by atoms with Gasteiger partial charge in [0.15, 0.2) is 12.0 Å². The number of carbonyl (C=O) groups is 2. The zero-order valence-electron chi connectivity index (χ0n) is 17.1. The number of carbonyl (C=O) groups excluding carboxylic acids is 2. The second kappa shape index (κ2) is 8.14. The van der Waals surface area contributed by atoms with Gasteiger partial charge in [0.1, 0.15) is 17.1 Å². The molecule has 2 amide bonds. The monoisotopic (exact) mass is 464 g/mol. The summed E-state index contributed by atoms with van der Waals surface area (Å²) in [6.07, 6.45) is 1.52. The molecule has 1 aliphatic heterocycles. The van der Waals surface area contributed by atoms with E-state index in [1.54, 1.807) is 48.5 Å². The van der Waals surface area contributed by atoms with Gasteiger partial charge in [-0.1, -0.05) is 23.7 Å². The van der Waals surface area contributed by atoms with Gasteiger partial charge >= 0.3 is 0 Å². The molecule has 0 radical (unpaired) electrons. The molecular weight excluding hydrogens is 448 g/mol. The summed E-state index contributed by atoms with van der Waals surface area (Å²) in [5, 5.41) is 0.680. The lowest BCUT2D eigenvalue weighted by atomic mass is 9.98. The predicted molar refractivity (Wildman–Crippen MR) is 119 cm³/mol. The fraction of sp³-hybridized carbons (Fsp3) is 0.125. The molecule has 1 aliphatic rings. The van der Waals surface area contributed by atoms with Gasteiger partial charge in [-0.3, -0.25) is 14.4 Å². The van der Waals surface area contributed by atoms with Crippen LogP contribution in [-0.4, -0.2) is 23.3 Å². The Morgan fingerprint density at radius 2 is 1.91 bits per heavy atom. The predicted octanol–water partition coefficient (Wildman–Crippen LogP) is 3.65. The fourth-order valence-electron chi connectivity index (χ4n) is 3.97. The smallest absolute Gasteiger partial charge is 0.291 e. The summed E-state index contributed by atoms with van der Waals surface area (Å²) in [6.45, 7) is -0.123. The molecule has 0 fully saturated rings. The maximum absolute atomic E-state index is 13.5. The van der Waals surface area contributed by atoms with Crippen molar-refractivity contribution in [2.75, 3.05) is 6.61 Å². The number of furan rings is 1. The Kier molecular flexibility index (Phi) is 5.14. The number of hydrogen-bond donors (Lipinski definition) is 1. The Morgan fingerprint density at radius 1 is 1.12 bits per heavy atom. The van der Waals surface area contributed by atoms with E-state index in [0.29, 0.717) is 27.5 Å². The van der Waals surface area contributed by atoms with Gasteiger partial charge in [0, 0.05) is 5.02 Å². The van der Waals surface area contributed by atoms with Crippen molar-refractivity contribution in [2.24, 2.45) is 5.73 Å². The van der Waals surface area contributed by atoms with Crippen LogP contribution in [0.25, 0.3) is 11.0 Å². The summed E-state index contributed by atoms with van der Waals surface area (Å²) >= 11 is 6.10. The molecule has 2 N–H and O–H groups in total. The molecule has 5 rings (SSSR count). The van der Waals surface area contributed by atoms with Crippen LogP contribution in [0.1, 0.15) is 33.5 Å². The zero-order valence-corrected chi connectivity index (χ0v) is 17.9. The van der Waals surface area contributed by atoms with Crippen molar-refractivity contribution in [3.8, 4) is 5.75 Å². The summed E-state index contributed by atoms with van der Waals surface area (Å²) in [7, 11) is 0. The van der Waals surface area contributed by atoms with Crippen LogP contribution < -0.4 is 15.9 Å². The number of amides is 2. The lowest BCUT2D eigenvalue weighted by molar-refractivity contribution is -0.119. The van der Waals surface area contributed by atoms with Gasteiger partial charge in [0.25, 0.3) is 11.8 Å². The van der Waals surface area contributed by atoms with Crippen molar-refractivity contribution in [3.63, 3.8) is 0 Å². The van der Waals surface area contributed by atoms with Gasteiger partial charge in [-0.2, -0.15) is 0 Å². The van der Waals surface area contributed by atoms with E-state index in [2.05, 4.69) is 0 Å². The first-order chi connectivity index (χ1) is 15.9. The van der Waals surface area contributed by atoms with Crippen molar-refractivity contribution in [1.82, 2.24) is 4.90 Å². The summed E-state index contributed by atoms with van der Waals surface area (Å²) in [5.41, 5.74) is 5.96. The molecule has 0 aliphatic carbocycles. The van der Waals surface area contributed by atoms with Gasteiger partial charge in [-0.05, 0) is 48.0 Å². The van der Waals surface area contributed by atoms with Crippen LogP contribution >= 0.6 is 11.6 Å². The van der Waals surface area contributed by atoms with Crippen molar-refractivity contribution >= 4 is 34.4 Å². The molecule has 0 saturated carbocycles. The lowest BCUT2D eigenvalue weighted by Crippen LogP contribution is -2.29. The lowest BCUT2D eigenvalue weighted by Gasteiger charge is -2.24. The minimum Gasteiger partial charge on any atom is -0.484 e. The number of nitrogens with two attached hydrogens (primary N) is 1. The Morgan fingerprint density at radius 3 is 2.61 bits per heavy atom. The SMILES string of the molecule is NC(=O)COc1ccc([C@@H]2c3c(oc4ccc(Cl)cc4c3=O)C(=O)N2Cc2ccco2)cc1. The summed E-state index contributed by atoms with van der Waals surface area (Å²) < 4.78 is 16.6. The summed E-state index contributed by atoms with van der Waals surface area (Å²) in [6, 6.07) is 14.2. The highest BCUT2D eigenvalue weighted by Crippen LogP contribution is 2.39. The Bertz CT molecular complexity index is 1430. The van der Waals surface area contributed by atoms with E-state index in [-0.39, 0.29) is 35.5 Å². The van der Waals surface area contributed by atoms with Crippen LogP contribution in [0.4, 0.5) is 0 Å². The molecule has 0 saturated heterocycles.